The average Bonchev–Trinajstić information content (AvgIpc) is 2.35. The summed E-state index contributed by atoms with van der Waals surface area (Å²) in [5.41, 5.74) is 0. The number of hydrogen-bond acceptors (Lipinski definition) is 2. The molecule has 2 N–H and O–H groups in total. The molecule has 1 atom stereocenters. The van der Waals surface area contributed by atoms with Crippen molar-refractivity contribution in [2.75, 3.05) is 13.6 Å². The highest BCUT2D eigenvalue weighted by molar-refractivity contribution is 7.54. The van der Waals surface area contributed by atoms with Crippen LogP contribution in [0.15, 0.2) is 0 Å². The van der Waals surface area contributed by atoms with Gasteiger partial charge in [-0.1, -0.05) is 0 Å². The third kappa shape index (κ3) is 5.60. The zero-order valence-corrected chi connectivity index (χ0v) is 9.83. The zero-order valence-electron chi connectivity index (χ0n) is 8.18. The number of carbonyl (C=O) groups is 1. The van der Waals surface area contributed by atoms with E-state index in [0.29, 0.717) is 5.91 Å². The Bertz CT molecular complexity index is 240. The molecule has 0 aromatic carbocycles. The van der Waals surface area contributed by atoms with Crippen LogP contribution in [-0.4, -0.2) is 39.3 Å². The largest absolute Gasteiger partial charge is 0.346 e. The maximum absolute atomic E-state index is 10.5. The topological polar surface area (TPSA) is 77.8 Å². The van der Waals surface area contributed by atoms with Crippen molar-refractivity contribution in [3.05, 3.63) is 0 Å². The van der Waals surface area contributed by atoms with E-state index in [2.05, 4.69) is 0 Å². The summed E-state index contributed by atoms with van der Waals surface area (Å²) < 4.78 is 9.89. The second-order valence-corrected chi connectivity index (χ2v) is 5.99. The molecule has 1 rings (SSSR count). The fourth-order valence-corrected chi connectivity index (χ4v) is 0.783. The predicted molar refractivity (Wildman–Crippen MR) is 54.2 cm³/mol. The Morgan fingerprint density at radius 3 is 2.07 bits per heavy atom. The lowest BCUT2D eigenvalue weighted by Crippen LogP contribution is -2.17. The summed E-state index contributed by atoms with van der Waals surface area (Å²) in [5, 5.41) is -1.06. The van der Waals surface area contributed by atoms with Gasteiger partial charge in [-0.25, -0.2) is 0 Å². The lowest BCUT2D eigenvalue weighted by atomic mass is 10.4. The number of nitrogens with zero attached hydrogens (tertiary/aromatic N) is 1. The van der Waals surface area contributed by atoms with E-state index in [4.69, 9.17) is 21.4 Å². The standard InChI is InChI=1S/C5H9NO.C2H6ClO3P/c1-6-4-2-3-5(6)7;1-2(3)7(4,5)6/h2-4H2,1H3;2H,1H3,(H2,4,5,6). The molecule has 5 nitrogen and oxygen atoms in total. The second kappa shape index (κ2) is 5.71. The van der Waals surface area contributed by atoms with Gasteiger partial charge >= 0.3 is 7.60 Å². The lowest BCUT2D eigenvalue weighted by molar-refractivity contribution is -0.126. The van der Waals surface area contributed by atoms with Crippen LogP contribution in [0.3, 0.4) is 0 Å². The molecule has 1 amide bonds. The highest BCUT2D eigenvalue weighted by atomic mass is 35.5. The zero-order chi connectivity index (χ0) is 11.4. The number of rotatable bonds is 1. The van der Waals surface area contributed by atoms with Crippen LogP contribution in [0, 0.1) is 0 Å². The maximum atomic E-state index is 10.5. The van der Waals surface area contributed by atoms with Gasteiger partial charge in [0.25, 0.3) is 0 Å². The molecular weight excluding hydrogens is 229 g/mol. The third-order valence-corrected chi connectivity index (χ3v) is 3.46. The molecule has 1 aliphatic rings. The molecule has 14 heavy (non-hydrogen) atoms. The molecule has 0 saturated carbocycles. The van der Waals surface area contributed by atoms with Gasteiger partial charge < -0.3 is 14.7 Å². The van der Waals surface area contributed by atoms with Crippen LogP contribution in [0.2, 0.25) is 0 Å². The van der Waals surface area contributed by atoms with E-state index >= 15 is 0 Å². The summed E-state index contributed by atoms with van der Waals surface area (Å²) in [6, 6.07) is 0. The van der Waals surface area contributed by atoms with Crippen LogP contribution in [0.25, 0.3) is 0 Å². The van der Waals surface area contributed by atoms with Crippen LogP contribution in [0.5, 0.6) is 0 Å². The summed E-state index contributed by atoms with van der Waals surface area (Å²) in [7, 11) is -2.13. The van der Waals surface area contributed by atoms with Crippen molar-refractivity contribution in [3.63, 3.8) is 0 Å². The van der Waals surface area contributed by atoms with E-state index in [0.717, 1.165) is 19.4 Å². The summed E-state index contributed by atoms with van der Waals surface area (Å²) in [4.78, 5) is 28.4. The van der Waals surface area contributed by atoms with Crippen molar-refractivity contribution in [1.29, 1.82) is 0 Å². The van der Waals surface area contributed by atoms with Gasteiger partial charge in [0, 0.05) is 20.0 Å². The summed E-state index contributed by atoms with van der Waals surface area (Å²) in [6.45, 7) is 2.21. The van der Waals surface area contributed by atoms with Crippen molar-refractivity contribution in [1.82, 2.24) is 4.90 Å². The van der Waals surface area contributed by atoms with Crippen LogP contribution in [-0.2, 0) is 9.36 Å². The Balaban J connectivity index is 0.000000241. The molecular formula is C7H15ClNO4P. The fraction of sp³-hybridized carbons (Fsp3) is 0.857. The Morgan fingerprint density at radius 2 is 2.00 bits per heavy atom. The van der Waals surface area contributed by atoms with E-state index in [1.165, 1.54) is 6.92 Å². The minimum Gasteiger partial charge on any atom is -0.346 e. The van der Waals surface area contributed by atoms with E-state index in [-0.39, 0.29) is 0 Å². The molecule has 0 aromatic rings. The molecule has 1 saturated heterocycles. The quantitative estimate of drug-likeness (QED) is 0.532. The molecule has 1 fully saturated rings. The molecule has 0 aromatic heterocycles. The average molecular weight is 244 g/mol. The Hall–Kier alpha value is -0.0900. The van der Waals surface area contributed by atoms with Gasteiger partial charge in [0.05, 0.1) is 0 Å². The van der Waals surface area contributed by atoms with Crippen molar-refractivity contribution < 1.29 is 19.1 Å². The van der Waals surface area contributed by atoms with Crippen LogP contribution in [0.4, 0.5) is 0 Å². The molecule has 1 heterocycles. The number of carbonyl (C=O) groups excluding carboxylic acids is 1. The maximum Gasteiger partial charge on any atom is 0.342 e. The molecule has 0 aliphatic carbocycles. The Morgan fingerprint density at radius 1 is 1.57 bits per heavy atom. The normalized spacial score (nSPS) is 18.9. The summed E-state index contributed by atoms with van der Waals surface area (Å²) in [5.74, 6) is 0.292. The van der Waals surface area contributed by atoms with Gasteiger partial charge in [-0.3, -0.25) is 9.36 Å². The molecule has 1 unspecified atom stereocenters. The van der Waals surface area contributed by atoms with E-state index < -0.39 is 12.7 Å². The molecule has 1 aliphatic heterocycles. The highest BCUT2D eigenvalue weighted by Gasteiger charge is 2.19. The van der Waals surface area contributed by atoms with E-state index in [9.17, 15) is 9.36 Å². The van der Waals surface area contributed by atoms with Crippen LogP contribution in [0.1, 0.15) is 19.8 Å². The Labute approximate surface area is 88.2 Å². The molecule has 0 radical (unpaired) electrons. The smallest absolute Gasteiger partial charge is 0.342 e. The number of alkyl halides is 1. The van der Waals surface area contributed by atoms with Gasteiger partial charge in [-0.05, 0) is 13.3 Å². The first kappa shape index (κ1) is 13.9. The Kier molecular flexibility index (Phi) is 5.67. The number of amides is 1. The van der Waals surface area contributed by atoms with Crippen LogP contribution >= 0.6 is 19.2 Å². The van der Waals surface area contributed by atoms with Gasteiger partial charge in [0.1, 0.15) is 5.12 Å². The number of likely N-dealkylation sites (tertiary alicyclic amines) is 1. The third-order valence-electron chi connectivity index (χ3n) is 1.77. The van der Waals surface area contributed by atoms with E-state index in [1.807, 2.05) is 7.05 Å². The molecule has 0 spiro atoms. The van der Waals surface area contributed by atoms with Crippen molar-refractivity contribution in [2.45, 2.75) is 24.9 Å². The lowest BCUT2D eigenvalue weighted by Gasteiger charge is -2.03. The monoisotopic (exact) mass is 243 g/mol. The first-order chi connectivity index (χ1) is 6.25. The van der Waals surface area contributed by atoms with Crippen molar-refractivity contribution in [2.24, 2.45) is 0 Å². The second-order valence-electron chi connectivity index (χ2n) is 3.08. The fourth-order valence-electron chi connectivity index (χ4n) is 0.783. The highest BCUT2D eigenvalue weighted by Crippen LogP contribution is 2.42. The summed E-state index contributed by atoms with van der Waals surface area (Å²) >= 11 is 4.99. The van der Waals surface area contributed by atoms with Gasteiger partial charge in [-0.15, -0.1) is 11.6 Å². The predicted octanol–water partition coefficient (Wildman–Crippen LogP) is 0.987. The minimum atomic E-state index is -3.97. The van der Waals surface area contributed by atoms with Crippen molar-refractivity contribution >= 4 is 25.1 Å². The van der Waals surface area contributed by atoms with Gasteiger partial charge in [0.2, 0.25) is 5.91 Å². The van der Waals surface area contributed by atoms with E-state index in [1.54, 1.807) is 4.90 Å². The van der Waals surface area contributed by atoms with Crippen LogP contribution < -0.4 is 0 Å². The number of halogens is 1. The number of hydrogen-bond donors (Lipinski definition) is 2. The van der Waals surface area contributed by atoms with Gasteiger partial charge in [-0.2, -0.15) is 0 Å². The molecule has 0 bridgehead atoms. The molecule has 84 valence electrons. The van der Waals surface area contributed by atoms with Crippen molar-refractivity contribution in [3.8, 4) is 0 Å². The van der Waals surface area contributed by atoms with Gasteiger partial charge in [0.15, 0.2) is 0 Å². The minimum absolute atomic E-state index is 0.292. The first-order valence-electron chi connectivity index (χ1n) is 4.18. The summed E-state index contributed by atoms with van der Waals surface area (Å²) in [6.07, 6.45) is 1.81. The SMILES string of the molecule is CC(Cl)P(=O)(O)O.CN1CCCC1=O. The first-order valence-corrected chi connectivity index (χ1v) is 6.30. The molecule has 7 heteroatoms.